The Labute approximate surface area is 96.6 Å². The summed E-state index contributed by atoms with van der Waals surface area (Å²) in [5.41, 5.74) is 0. The fourth-order valence-electron chi connectivity index (χ4n) is 0. The van der Waals surface area contributed by atoms with Crippen molar-refractivity contribution in [2.24, 2.45) is 0 Å². The first kappa shape index (κ1) is 23.4. The Bertz CT molecular complexity index is 191. The van der Waals surface area contributed by atoms with E-state index in [9.17, 15) is 9.59 Å². The fraction of sp³-hybridized carbons (Fsp3) is 0.429. The number of aliphatic carboxylic acids is 3. The number of ketones is 1. The Morgan fingerprint density at radius 3 is 0.933 bits per heavy atom. The van der Waals surface area contributed by atoms with E-state index in [0.717, 1.165) is 20.8 Å². The molecule has 0 aromatic rings. The molecule has 0 aromatic heterocycles. The number of hydrogen-bond donors (Lipinski definition) is 1. The van der Waals surface area contributed by atoms with E-state index in [4.69, 9.17) is 24.9 Å². The molecule has 0 aliphatic carbocycles. The van der Waals surface area contributed by atoms with Crippen LogP contribution in [-0.2, 0) is 36.2 Å². The molecule has 7 nitrogen and oxygen atoms in total. The third kappa shape index (κ3) is 209. The first-order valence-electron chi connectivity index (χ1n) is 3.20. The van der Waals surface area contributed by atoms with Crippen LogP contribution < -0.4 is 10.2 Å². The van der Waals surface area contributed by atoms with Crippen LogP contribution >= 0.6 is 0 Å². The first-order chi connectivity index (χ1) is 6.11. The Balaban J connectivity index is -0.0000000606. The number of carbonyl (C=O) groups is 4. The van der Waals surface area contributed by atoms with Crippen LogP contribution in [0.2, 0.25) is 0 Å². The third-order valence-corrected chi connectivity index (χ3v) is 0.301. The van der Waals surface area contributed by atoms with Gasteiger partial charge in [0.1, 0.15) is 0 Å². The van der Waals surface area contributed by atoms with E-state index in [1.165, 1.54) is 0 Å². The van der Waals surface area contributed by atoms with Crippen molar-refractivity contribution in [1.29, 1.82) is 0 Å². The molecule has 0 fully saturated rings. The summed E-state index contributed by atoms with van der Waals surface area (Å²) in [5, 5.41) is 25.4. The summed E-state index contributed by atoms with van der Waals surface area (Å²) in [6.45, 7) is 2.95. The minimum Gasteiger partial charge on any atom is -0.550 e. The minimum atomic E-state index is -1.38. The van der Waals surface area contributed by atoms with E-state index in [1.54, 1.807) is 0 Å². The van der Waals surface area contributed by atoms with Crippen molar-refractivity contribution >= 4 is 23.7 Å². The Hall–Kier alpha value is -1.40. The molecule has 0 heterocycles. The molecule has 8 heteroatoms. The molecule has 0 aromatic carbocycles. The molecule has 1 N–H and O–H groups in total. The summed E-state index contributed by atoms with van der Waals surface area (Å²) in [6, 6.07) is 0. The number of carboxylic acids is 3. The second kappa shape index (κ2) is 15.1. The van der Waals surface area contributed by atoms with Crippen molar-refractivity contribution in [3.05, 3.63) is 0 Å². The van der Waals surface area contributed by atoms with Crippen molar-refractivity contribution in [2.75, 3.05) is 0 Å². The molecule has 0 spiro atoms. The zero-order valence-electron chi connectivity index (χ0n) is 8.20. The van der Waals surface area contributed by atoms with Gasteiger partial charge in [-0.3, -0.25) is 4.79 Å². The molecule has 15 heavy (non-hydrogen) atoms. The second-order valence-corrected chi connectivity index (χ2v) is 1.84. The molecule has 0 saturated heterocycles. The maximum absolute atomic E-state index is 9.54. The van der Waals surface area contributed by atoms with Gasteiger partial charge in [0.05, 0.1) is 0 Å². The smallest absolute Gasteiger partial charge is 0.550 e. The van der Waals surface area contributed by atoms with Crippen LogP contribution in [-0.4, -0.2) is 28.8 Å². The first-order valence-corrected chi connectivity index (χ1v) is 3.20. The van der Waals surface area contributed by atoms with Crippen LogP contribution in [0, 0.1) is 0 Å². The van der Waals surface area contributed by atoms with Gasteiger partial charge < -0.3 is 24.9 Å². The van der Waals surface area contributed by atoms with Gasteiger partial charge in [0.25, 0.3) is 0 Å². The molecule has 0 atom stereocenters. The summed E-state index contributed by atoms with van der Waals surface area (Å²) >= 11 is 0. The standard InChI is InChI=1S/C3H4O3.2C2H4O2.Cu/c1-2(4)3(5)6;2*1-2(3)4;/h1H3,(H,5,6);2*1H3,(H,3,4);/q;;;+2/p-2. The summed E-state index contributed by atoms with van der Waals surface area (Å²) in [6.07, 6.45) is 0. The molecule has 91 valence electrons. The van der Waals surface area contributed by atoms with Gasteiger partial charge in [-0.1, -0.05) is 0 Å². The van der Waals surface area contributed by atoms with Crippen molar-refractivity contribution in [3.8, 4) is 0 Å². The zero-order chi connectivity index (χ0) is 12.3. The van der Waals surface area contributed by atoms with Crippen LogP contribution in [0.5, 0.6) is 0 Å². The number of carbonyl (C=O) groups excluding carboxylic acids is 3. The molecular weight excluding hydrogens is 260 g/mol. The molecule has 1 radical (unpaired) electrons. The van der Waals surface area contributed by atoms with Crippen LogP contribution in [0.25, 0.3) is 0 Å². The average molecular weight is 270 g/mol. The van der Waals surface area contributed by atoms with E-state index in [-0.39, 0.29) is 17.1 Å². The van der Waals surface area contributed by atoms with E-state index in [1.807, 2.05) is 0 Å². The fourth-order valence-corrected chi connectivity index (χ4v) is 0. The summed E-state index contributed by atoms with van der Waals surface area (Å²) in [5.74, 6) is -4.37. The van der Waals surface area contributed by atoms with Crippen molar-refractivity contribution < 1.29 is 51.6 Å². The Morgan fingerprint density at radius 1 is 0.867 bits per heavy atom. The monoisotopic (exact) mass is 269 g/mol. The average Bonchev–Trinajstić information content (AvgIpc) is 1.83. The molecule has 0 aliphatic heterocycles. The number of hydrogen-bond acceptors (Lipinski definition) is 6. The normalized spacial score (nSPS) is 6.33. The summed E-state index contributed by atoms with van der Waals surface area (Å²) in [7, 11) is 0. The number of carboxylic acid groups (broad SMARTS) is 3. The number of rotatable bonds is 1. The minimum absolute atomic E-state index is 0. The summed E-state index contributed by atoms with van der Waals surface area (Å²) < 4.78 is 0. The van der Waals surface area contributed by atoms with Crippen LogP contribution in [0.15, 0.2) is 0 Å². The molecule has 0 amide bonds. The maximum Gasteiger partial charge on any atom is 2.00 e. The Kier molecular flexibility index (Phi) is 23.6. The molecular formula is C7H10CuO7. The van der Waals surface area contributed by atoms with Gasteiger partial charge >= 0.3 is 23.0 Å². The predicted molar refractivity (Wildman–Crippen MR) is 39.7 cm³/mol. The second-order valence-electron chi connectivity index (χ2n) is 1.84. The van der Waals surface area contributed by atoms with Gasteiger partial charge in [0.15, 0.2) is 0 Å². The molecule has 0 bridgehead atoms. The third-order valence-electron chi connectivity index (χ3n) is 0.301. The molecule has 0 rings (SSSR count). The van der Waals surface area contributed by atoms with Crippen molar-refractivity contribution in [1.82, 2.24) is 0 Å². The quantitative estimate of drug-likeness (QED) is 0.400. The van der Waals surface area contributed by atoms with Gasteiger partial charge in [0.2, 0.25) is 5.78 Å². The number of Topliss-reactive ketones (excluding diaryl/α,β-unsaturated/α-hetero) is 1. The van der Waals surface area contributed by atoms with Crippen LogP contribution in [0.3, 0.4) is 0 Å². The van der Waals surface area contributed by atoms with E-state index < -0.39 is 23.7 Å². The SMILES string of the molecule is CC(=O)C(=O)O.CC(=O)[O-].CC(=O)[O-].[Cu+2]. The van der Waals surface area contributed by atoms with Crippen molar-refractivity contribution in [3.63, 3.8) is 0 Å². The zero-order valence-corrected chi connectivity index (χ0v) is 9.14. The molecule has 0 unspecified atom stereocenters. The maximum atomic E-state index is 9.54. The Morgan fingerprint density at radius 2 is 0.933 bits per heavy atom. The topological polar surface area (TPSA) is 135 Å². The molecule has 0 aliphatic rings. The summed E-state index contributed by atoms with van der Waals surface area (Å²) in [4.78, 5) is 36.7. The van der Waals surface area contributed by atoms with Crippen molar-refractivity contribution in [2.45, 2.75) is 20.8 Å². The van der Waals surface area contributed by atoms with E-state index >= 15 is 0 Å². The largest absolute Gasteiger partial charge is 2.00 e. The predicted octanol–water partition coefficient (Wildman–Crippen LogP) is -2.83. The van der Waals surface area contributed by atoms with Gasteiger partial charge in [0, 0.05) is 18.9 Å². The van der Waals surface area contributed by atoms with E-state index in [0.29, 0.717) is 0 Å². The van der Waals surface area contributed by atoms with E-state index in [2.05, 4.69) is 0 Å². The van der Waals surface area contributed by atoms with Crippen LogP contribution in [0.4, 0.5) is 0 Å². The van der Waals surface area contributed by atoms with Gasteiger partial charge in [-0.25, -0.2) is 4.79 Å². The van der Waals surface area contributed by atoms with Gasteiger partial charge in [-0.2, -0.15) is 0 Å². The molecule has 0 saturated carbocycles. The van der Waals surface area contributed by atoms with Gasteiger partial charge in [-0.15, -0.1) is 0 Å². The van der Waals surface area contributed by atoms with Gasteiger partial charge in [-0.05, 0) is 13.8 Å². The van der Waals surface area contributed by atoms with Crippen LogP contribution in [0.1, 0.15) is 20.8 Å².